The van der Waals surface area contributed by atoms with Gasteiger partial charge in [-0.3, -0.25) is 4.79 Å². The maximum atomic E-state index is 13.8. The van der Waals surface area contributed by atoms with Crippen molar-refractivity contribution in [1.29, 1.82) is 0 Å². The maximum absolute atomic E-state index is 13.8. The number of ether oxygens (including phenoxy) is 1. The smallest absolute Gasteiger partial charge is 0.260 e. The standard InChI is InChI=1S/C20H20BrFN2O4S/c21-17-6-7-19(18(22)14-17)28-15-20(25)23-9-11-24(12-10-23)29(26,27)13-8-16-4-2-1-3-5-16/h1-8,13-14H,9-12,15H2/b13-8+. The van der Waals surface area contributed by atoms with Gasteiger partial charge in [0.2, 0.25) is 10.0 Å². The molecule has 29 heavy (non-hydrogen) atoms. The topological polar surface area (TPSA) is 66.9 Å². The van der Waals surface area contributed by atoms with E-state index in [1.807, 2.05) is 30.3 Å². The summed E-state index contributed by atoms with van der Waals surface area (Å²) < 4.78 is 45.9. The van der Waals surface area contributed by atoms with Crippen molar-refractivity contribution in [2.24, 2.45) is 0 Å². The third-order valence-corrected chi connectivity index (χ3v) is 6.49. The summed E-state index contributed by atoms with van der Waals surface area (Å²) in [4.78, 5) is 13.8. The molecule has 6 nitrogen and oxygen atoms in total. The Bertz CT molecular complexity index is 991. The van der Waals surface area contributed by atoms with Gasteiger partial charge in [-0.15, -0.1) is 0 Å². The minimum Gasteiger partial charge on any atom is -0.481 e. The molecule has 3 rings (SSSR count). The SMILES string of the molecule is O=C(COc1ccc(Br)cc1F)N1CCN(S(=O)(=O)/C=C/c2ccccc2)CC1. The number of nitrogens with zero attached hydrogens (tertiary/aromatic N) is 2. The molecule has 0 aliphatic carbocycles. The maximum Gasteiger partial charge on any atom is 0.260 e. The number of benzene rings is 2. The van der Waals surface area contributed by atoms with Gasteiger partial charge in [-0.25, -0.2) is 12.8 Å². The summed E-state index contributed by atoms with van der Waals surface area (Å²) in [6, 6.07) is 13.5. The zero-order valence-electron chi connectivity index (χ0n) is 15.5. The molecule has 2 aromatic carbocycles. The summed E-state index contributed by atoms with van der Waals surface area (Å²) in [7, 11) is -3.57. The van der Waals surface area contributed by atoms with Gasteiger partial charge in [0.1, 0.15) is 0 Å². The van der Waals surface area contributed by atoms with Gasteiger partial charge in [0, 0.05) is 36.1 Å². The molecule has 0 N–H and O–H groups in total. The van der Waals surface area contributed by atoms with E-state index in [9.17, 15) is 17.6 Å². The van der Waals surface area contributed by atoms with E-state index in [4.69, 9.17) is 4.74 Å². The van der Waals surface area contributed by atoms with Crippen LogP contribution in [0.2, 0.25) is 0 Å². The first kappa shape index (κ1) is 21.5. The van der Waals surface area contributed by atoms with Gasteiger partial charge in [-0.1, -0.05) is 46.3 Å². The zero-order valence-corrected chi connectivity index (χ0v) is 17.9. The number of hydrogen-bond donors (Lipinski definition) is 0. The van der Waals surface area contributed by atoms with Crippen molar-refractivity contribution in [3.8, 4) is 5.75 Å². The van der Waals surface area contributed by atoms with E-state index in [1.165, 1.54) is 26.7 Å². The van der Waals surface area contributed by atoms with Crippen LogP contribution >= 0.6 is 15.9 Å². The second-order valence-corrected chi connectivity index (χ2v) is 9.14. The minimum atomic E-state index is -3.57. The van der Waals surface area contributed by atoms with Crippen LogP contribution in [0.5, 0.6) is 5.75 Å². The van der Waals surface area contributed by atoms with Gasteiger partial charge >= 0.3 is 0 Å². The number of sulfonamides is 1. The first-order valence-corrected chi connectivity index (χ1v) is 11.2. The lowest BCUT2D eigenvalue weighted by molar-refractivity contribution is -0.134. The van der Waals surface area contributed by atoms with Crippen molar-refractivity contribution in [3.63, 3.8) is 0 Å². The number of carbonyl (C=O) groups is 1. The number of piperazine rings is 1. The molecule has 1 heterocycles. The van der Waals surface area contributed by atoms with Gasteiger partial charge in [0.25, 0.3) is 5.91 Å². The van der Waals surface area contributed by atoms with Gasteiger partial charge < -0.3 is 9.64 Å². The van der Waals surface area contributed by atoms with E-state index in [0.717, 1.165) is 5.56 Å². The van der Waals surface area contributed by atoms with Gasteiger partial charge in [0.05, 0.1) is 0 Å². The highest BCUT2D eigenvalue weighted by molar-refractivity contribution is 9.10. The Kier molecular flexibility index (Phi) is 7.05. The molecule has 1 aliphatic rings. The Morgan fingerprint density at radius 1 is 1.10 bits per heavy atom. The van der Waals surface area contributed by atoms with Crippen molar-refractivity contribution in [2.75, 3.05) is 32.8 Å². The van der Waals surface area contributed by atoms with E-state index in [-0.39, 0.29) is 44.4 Å². The van der Waals surface area contributed by atoms with Crippen molar-refractivity contribution in [3.05, 3.63) is 69.8 Å². The van der Waals surface area contributed by atoms with Gasteiger partial charge in [-0.05, 0) is 29.8 Å². The molecule has 2 aromatic rings. The largest absolute Gasteiger partial charge is 0.481 e. The summed E-state index contributed by atoms with van der Waals surface area (Å²) in [6.45, 7) is 0.589. The summed E-state index contributed by atoms with van der Waals surface area (Å²) in [5.74, 6) is -0.883. The van der Waals surface area contributed by atoms with Crippen LogP contribution in [0, 0.1) is 5.82 Å². The minimum absolute atomic E-state index is 0.00573. The fourth-order valence-corrected chi connectivity index (χ4v) is 4.34. The Hall–Kier alpha value is -2.23. The van der Waals surface area contributed by atoms with Crippen molar-refractivity contribution in [1.82, 2.24) is 9.21 Å². The van der Waals surface area contributed by atoms with Crippen LogP contribution in [-0.4, -0.2) is 56.3 Å². The molecule has 0 bridgehead atoms. The van der Waals surface area contributed by atoms with E-state index >= 15 is 0 Å². The molecule has 0 unspecified atom stereocenters. The highest BCUT2D eigenvalue weighted by Crippen LogP contribution is 2.21. The molecular formula is C20H20BrFN2O4S. The first-order valence-electron chi connectivity index (χ1n) is 8.94. The van der Waals surface area contributed by atoms with E-state index in [2.05, 4.69) is 15.9 Å². The average molecular weight is 483 g/mol. The van der Waals surface area contributed by atoms with E-state index in [0.29, 0.717) is 4.47 Å². The lowest BCUT2D eigenvalue weighted by Gasteiger charge is -2.33. The average Bonchev–Trinajstić information content (AvgIpc) is 2.72. The number of carbonyl (C=O) groups excluding carboxylic acids is 1. The van der Waals surface area contributed by atoms with Crippen LogP contribution in [0.25, 0.3) is 6.08 Å². The number of hydrogen-bond acceptors (Lipinski definition) is 4. The van der Waals surface area contributed by atoms with Crippen LogP contribution in [0.3, 0.4) is 0 Å². The normalized spacial score (nSPS) is 15.6. The number of rotatable bonds is 6. The predicted molar refractivity (Wildman–Crippen MR) is 112 cm³/mol. The molecule has 9 heteroatoms. The second kappa shape index (κ2) is 9.51. The van der Waals surface area contributed by atoms with Crippen LogP contribution in [0.4, 0.5) is 4.39 Å². The van der Waals surface area contributed by atoms with Gasteiger partial charge in [0.15, 0.2) is 18.2 Å². The molecule has 1 fully saturated rings. The summed E-state index contributed by atoms with van der Waals surface area (Å²) >= 11 is 3.16. The van der Waals surface area contributed by atoms with Crippen molar-refractivity contribution in [2.45, 2.75) is 0 Å². The molecule has 0 atom stereocenters. The summed E-state index contributed by atoms with van der Waals surface area (Å²) in [6.07, 6.45) is 1.55. The third-order valence-electron chi connectivity index (χ3n) is 4.43. The lowest BCUT2D eigenvalue weighted by Crippen LogP contribution is -2.51. The van der Waals surface area contributed by atoms with Crippen LogP contribution in [0.15, 0.2) is 58.4 Å². The Balaban J connectivity index is 1.51. The molecule has 1 amide bonds. The van der Waals surface area contributed by atoms with Crippen molar-refractivity contribution >= 4 is 37.9 Å². The molecule has 154 valence electrons. The summed E-state index contributed by atoms with van der Waals surface area (Å²) in [5, 5.41) is 1.18. The molecule has 1 aliphatic heterocycles. The molecule has 0 saturated carbocycles. The number of amides is 1. The molecule has 0 radical (unpaired) electrons. The highest BCUT2D eigenvalue weighted by atomic mass is 79.9. The third kappa shape index (κ3) is 5.88. The molecule has 0 spiro atoms. The zero-order chi connectivity index (χ0) is 20.9. The quantitative estimate of drug-likeness (QED) is 0.634. The molecule has 1 saturated heterocycles. The van der Waals surface area contributed by atoms with E-state index in [1.54, 1.807) is 12.1 Å². The lowest BCUT2D eigenvalue weighted by atomic mass is 10.2. The highest BCUT2D eigenvalue weighted by Gasteiger charge is 2.27. The molecular weight excluding hydrogens is 463 g/mol. The first-order chi connectivity index (χ1) is 13.8. The summed E-state index contributed by atoms with van der Waals surface area (Å²) in [5.41, 5.74) is 0.794. The Labute approximate surface area is 177 Å². The van der Waals surface area contributed by atoms with Crippen LogP contribution in [0.1, 0.15) is 5.56 Å². The van der Waals surface area contributed by atoms with Gasteiger partial charge in [-0.2, -0.15) is 4.31 Å². The number of halogens is 2. The fourth-order valence-electron chi connectivity index (χ4n) is 2.83. The van der Waals surface area contributed by atoms with Crippen molar-refractivity contribution < 1.29 is 22.3 Å². The van der Waals surface area contributed by atoms with Crippen LogP contribution in [-0.2, 0) is 14.8 Å². The monoisotopic (exact) mass is 482 g/mol. The second-order valence-electron chi connectivity index (χ2n) is 6.40. The van der Waals surface area contributed by atoms with E-state index < -0.39 is 15.8 Å². The fraction of sp³-hybridized carbons (Fsp3) is 0.250. The Morgan fingerprint density at radius 3 is 2.45 bits per heavy atom. The Morgan fingerprint density at radius 2 is 1.79 bits per heavy atom. The molecule has 0 aromatic heterocycles. The predicted octanol–water partition coefficient (Wildman–Crippen LogP) is 3.11. The van der Waals surface area contributed by atoms with Crippen LogP contribution < -0.4 is 4.74 Å².